The Labute approximate surface area is 116 Å². The number of rotatable bonds is 3. The van der Waals surface area contributed by atoms with E-state index in [1.807, 2.05) is 13.8 Å². The molecule has 3 aromatic rings. The summed E-state index contributed by atoms with van der Waals surface area (Å²) in [6, 6.07) is 1.67. The second-order valence-electron chi connectivity index (χ2n) is 4.01. The highest BCUT2D eigenvalue weighted by Gasteiger charge is 2.17. The van der Waals surface area contributed by atoms with Crippen LogP contribution in [0.1, 0.15) is 22.9 Å². The molecule has 8 heteroatoms. The van der Waals surface area contributed by atoms with E-state index >= 15 is 0 Å². The van der Waals surface area contributed by atoms with E-state index in [1.54, 1.807) is 6.07 Å². The van der Waals surface area contributed by atoms with Gasteiger partial charge in [0.25, 0.3) is 0 Å². The van der Waals surface area contributed by atoms with Gasteiger partial charge in [0.15, 0.2) is 0 Å². The summed E-state index contributed by atoms with van der Waals surface area (Å²) in [6.45, 7) is 3.72. The molecule has 0 aliphatic heterocycles. The molecule has 0 fully saturated rings. The second-order valence-corrected chi connectivity index (χ2v) is 4.82. The van der Waals surface area contributed by atoms with Crippen LogP contribution in [-0.2, 0) is 6.42 Å². The molecule has 0 N–H and O–H groups in total. The first-order chi connectivity index (χ1) is 9.13. The van der Waals surface area contributed by atoms with Crippen LogP contribution in [0.3, 0.4) is 0 Å². The Kier molecular flexibility index (Phi) is 2.94. The van der Waals surface area contributed by atoms with Crippen molar-refractivity contribution < 1.29 is 13.6 Å². The molecule has 3 heterocycles. The van der Waals surface area contributed by atoms with Crippen molar-refractivity contribution in [3.05, 3.63) is 33.6 Å². The van der Waals surface area contributed by atoms with Crippen LogP contribution >= 0.6 is 15.9 Å². The lowest BCUT2D eigenvalue weighted by atomic mass is 10.1. The van der Waals surface area contributed by atoms with E-state index in [0.717, 1.165) is 17.0 Å². The number of aromatic nitrogens is 4. The van der Waals surface area contributed by atoms with Gasteiger partial charge >= 0.3 is 0 Å². The van der Waals surface area contributed by atoms with E-state index in [9.17, 15) is 0 Å². The second kappa shape index (κ2) is 4.61. The molecular formula is C11H9BrN4O3. The van der Waals surface area contributed by atoms with Crippen LogP contribution in [0.2, 0.25) is 0 Å². The molecule has 0 bridgehead atoms. The molecule has 0 saturated heterocycles. The Hall–Kier alpha value is -1.96. The molecule has 98 valence electrons. The van der Waals surface area contributed by atoms with Gasteiger partial charge in [-0.2, -0.15) is 4.98 Å². The first kappa shape index (κ1) is 12.1. The van der Waals surface area contributed by atoms with E-state index in [4.69, 9.17) is 13.6 Å². The van der Waals surface area contributed by atoms with Crippen LogP contribution in [0.4, 0.5) is 0 Å². The number of aryl methyl sites for hydroxylation is 2. The maximum atomic E-state index is 5.18. The zero-order chi connectivity index (χ0) is 13.4. The molecule has 0 radical (unpaired) electrons. The zero-order valence-corrected chi connectivity index (χ0v) is 11.8. The summed E-state index contributed by atoms with van der Waals surface area (Å²) in [4.78, 5) is 4.25. The van der Waals surface area contributed by atoms with Gasteiger partial charge in [0, 0.05) is 11.6 Å². The van der Waals surface area contributed by atoms with Crippen molar-refractivity contribution in [2.75, 3.05) is 0 Å². The largest absolute Gasteiger partial charge is 0.361 e. The smallest absolute Gasteiger partial charge is 0.241 e. The predicted molar refractivity (Wildman–Crippen MR) is 66.3 cm³/mol. The monoisotopic (exact) mass is 324 g/mol. The first-order valence-electron chi connectivity index (χ1n) is 5.50. The molecule has 3 rings (SSSR count). The van der Waals surface area contributed by atoms with Crippen LogP contribution in [0, 0.1) is 13.8 Å². The SMILES string of the molecule is Cc1noc(C)c1Cc1nc(-c2cc(Br)no2)no1. The molecule has 0 atom stereocenters. The molecule has 0 aromatic carbocycles. The van der Waals surface area contributed by atoms with Crippen molar-refractivity contribution in [2.24, 2.45) is 0 Å². The third-order valence-corrected chi connectivity index (χ3v) is 3.05. The molecule has 0 amide bonds. The van der Waals surface area contributed by atoms with Crippen molar-refractivity contribution in [3.8, 4) is 11.6 Å². The number of nitrogens with zero attached hydrogens (tertiary/aromatic N) is 4. The Morgan fingerprint density at radius 3 is 2.58 bits per heavy atom. The van der Waals surface area contributed by atoms with E-state index in [-0.39, 0.29) is 0 Å². The van der Waals surface area contributed by atoms with Gasteiger partial charge in [-0.05, 0) is 29.8 Å². The van der Waals surface area contributed by atoms with Crippen LogP contribution in [0.5, 0.6) is 0 Å². The quantitative estimate of drug-likeness (QED) is 0.731. The Balaban J connectivity index is 1.86. The average Bonchev–Trinajstić information content (AvgIpc) is 3.06. The maximum absolute atomic E-state index is 5.18. The van der Waals surface area contributed by atoms with E-state index in [1.165, 1.54) is 0 Å². The summed E-state index contributed by atoms with van der Waals surface area (Å²) in [5.41, 5.74) is 1.77. The maximum Gasteiger partial charge on any atom is 0.241 e. The average molecular weight is 325 g/mol. The molecule has 7 nitrogen and oxygen atoms in total. The van der Waals surface area contributed by atoms with Gasteiger partial charge in [0.05, 0.1) is 12.1 Å². The first-order valence-corrected chi connectivity index (χ1v) is 6.29. The lowest BCUT2D eigenvalue weighted by molar-refractivity contribution is 0.377. The van der Waals surface area contributed by atoms with Crippen LogP contribution in [0.15, 0.2) is 24.2 Å². The highest BCUT2D eigenvalue weighted by atomic mass is 79.9. The van der Waals surface area contributed by atoms with Crippen molar-refractivity contribution >= 4 is 15.9 Å². The van der Waals surface area contributed by atoms with Gasteiger partial charge in [-0.3, -0.25) is 0 Å². The van der Waals surface area contributed by atoms with Crippen LogP contribution < -0.4 is 0 Å². The van der Waals surface area contributed by atoms with Crippen molar-refractivity contribution in [2.45, 2.75) is 20.3 Å². The molecular weight excluding hydrogens is 316 g/mol. The van der Waals surface area contributed by atoms with E-state index < -0.39 is 0 Å². The molecule has 3 aromatic heterocycles. The van der Waals surface area contributed by atoms with Crippen molar-refractivity contribution in [1.82, 2.24) is 20.5 Å². The Morgan fingerprint density at radius 2 is 1.95 bits per heavy atom. The van der Waals surface area contributed by atoms with Gasteiger partial charge in [-0.25, -0.2) is 0 Å². The summed E-state index contributed by atoms with van der Waals surface area (Å²) in [6.07, 6.45) is 0.476. The van der Waals surface area contributed by atoms with Gasteiger partial charge in [-0.15, -0.1) is 0 Å². The third-order valence-electron chi connectivity index (χ3n) is 2.68. The third kappa shape index (κ3) is 2.30. The molecule has 0 spiro atoms. The Bertz CT molecular complexity index is 696. The minimum absolute atomic E-state index is 0.361. The predicted octanol–water partition coefficient (Wildman–Crippen LogP) is 2.68. The fraction of sp³-hybridized carbons (Fsp3) is 0.273. The van der Waals surface area contributed by atoms with Crippen molar-refractivity contribution in [3.63, 3.8) is 0 Å². The van der Waals surface area contributed by atoms with Gasteiger partial charge in [0.2, 0.25) is 17.5 Å². The van der Waals surface area contributed by atoms with Crippen LogP contribution in [-0.4, -0.2) is 20.5 Å². The normalized spacial score (nSPS) is 11.1. The van der Waals surface area contributed by atoms with Gasteiger partial charge in [0.1, 0.15) is 10.4 Å². The molecule has 19 heavy (non-hydrogen) atoms. The summed E-state index contributed by atoms with van der Waals surface area (Å²) >= 11 is 3.19. The minimum atomic E-state index is 0.361. The minimum Gasteiger partial charge on any atom is -0.361 e. The molecule has 0 aliphatic carbocycles. The fourth-order valence-electron chi connectivity index (χ4n) is 1.69. The van der Waals surface area contributed by atoms with Gasteiger partial charge in [-0.1, -0.05) is 15.5 Å². The zero-order valence-electron chi connectivity index (χ0n) is 10.2. The molecule has 0 unspecified atom stereocenters. The number of halogens is 1. The highest BCUT2D eigenvalue weighted by molar-refractivity contribution is 9.10. The summed E-state index contributed by atoms with van der Waals surface area (Å²) in [5, 5.41) is 11.4. The topological polar surface area (TPSA) is 91.0 Å². The Morgan fingerprint density at radius 1 is 1.11 bits per heavy atom. The molecule has 0 aliphatic rings. The van der Waals surface area contributed by atoms with E-state index in [2.05, 4.69) is 36.4 Å². The van der Waals surface area contributed by atoms with Gasteiger partial charge < -0.3 is 13.6 Å². The number of hydrogen-bond acceptors (Lipinski definition) is 7. The van der Waals surface area contributed by atoms with Crippen molar-refractivity contribution in [1.29, 1.82) is 0 Å². The molecule has 0 saturated carbocycles. The van der Waals surface area contributed by atoms with Crippen LogP contribution in [0.25, 0.3) is 11.6 Å². The lowest BCUT2D eigenvalue weighted by Gasteiger charge is -1.92. The van der Waals surface area contributed by atoms with E-state index in [0.29, 0.717) is 28.5 Å². The summed E-state index contributed by atoms with van der Waals surface area (Å²) in [7, 11) is 0. The fourth-order valence-corrected chi connectivity index (χ4v) is 1.97. The lowest BCUT2D eigenvalue weighted by Crippen LogP contribution is -1.91. The summed E-state index contributed by atoms with van der Waals surface area (Å²) < 4.78 is 15.9. The standard InChI is InChI=1S/C11H9BrN4O3/c1-5-7(6(2)17-14-5)3-10-13-11(16-19-10)8-4-9(12)15-18-8/h4H,3H2,1-2H3. The number of hydrogen-bond donors (Lipinski definition) is 0. The highest BCUT2D eigenvalue weighted by Crippen LogP contribution is 2.22. The summed E-state index contributed by atoms with van der Waals surface area (Å²) in [5.74, 6) is 2.03.